The first-order valence-corrected chi connectivity index (χ1v) is 9.25. The highest BCUT2D eigenvalue weighted by Crippen LogP contribution is 2.29. The number of halogens is 1. The number of aryl methyl sites for hydroxylation is 1. The molecule has 2 N–H and O–H groups in total. The van der Waals surface area contributed by atoms with E-state index in [0.29, 0.717) is 0 Å². The van der Waals surface area contributed by atoms with Gasteiger partial charge in [0.05, 0.1) is 11.8 Å². The molecule has 1 aromatic heterocycles. The summed E-state index contributed by atoms with van der Waals surface area (Å²) in [4.78, 5) is 12.2. The van der Waals surface area contributed by atoms with Gasteiger partial charge in [0.15, 0.2) is 0 Å². The first kappa shape index (κ1) is 18.9. The lowest BCUT2D eigenvalue weighted by molar-refractivity contribution is 0.0952. The van der Waals surface area contributed by atoms with Crippen LogP contribution in [-0.2, 0) is 0 Å². The predicted molar refractivity (Wildman–Crippen MR) is 111 cm³/mol. The summed E-state index contributed by atoms with van der Waals surface area (Å²) in [7, 11) is 0. The lowest BCUT2D eigenvalue weighted by atomic mass is 10.2. The number of hydrazone groups is 1. The minimum atomic E-state index is -0.465. The smallest absolute Gasteiger partial charge is 0.275 e. The number of rotatable bonds is 4. The standard InChI is InChI=1S/C21H20BrN3O2/c1-13-7-6-8-16(11-13)25-14(2)18(20(22)15(25)3)12-23-24-21(27)17-9-4-5-10-19(17)26/h4-12,26H,1-3H3,(H,24,27)/b23-12-. The number of carbonyl (C=O) groups excluding carboxylic acids is 1. The van der Waals surface area contributed by atoms with Crippen LogP contribution < -0.4 is 5.43 Å². The van der Waals surface area contributed by atoms with Crippen molar-refractivity contribution >= 4 is 28.1 Å². The molecule has 0 aliphatic heterocycles. The number of hydrogen-bond donors (Lipinski definition) is 2. The van der Waals surface area contributed by atoms with E-state index in [1.807, 2.05) is 19.9 Å². The quantitative estimate of drug-likeness (QED) is 0.472. The largest absolute Gasteiger partial charge is 0.507 e. The van der Waals surface area contributed by atoms with Crippen molar-refractivity contribution in [2.75, 3.05) is 0 Å². The van der Waals surface area contributed by atoms with E-state index in [2.05, 4.69) is 56.1 Å². The lowest BCUT2D eigenvalue weighted by Crippen LogP contribution is -2.17. The highest BCUT2D eigenvalue weighted by Gasteiger charge is 2.16. The lowest BCUT2D eigenvalue weighted by Gasteiger charge is -2.10. The molecule has 5 nitrogen and oxygen atoms in total. The molecule has 0 saturated carbocycles. The van der Waals surface area contributed by atoms with Crippen molar-refractivity contribution in [3.05, 3.63) is 81.1 Å². The van der Waals surface area contributed by atoms with E-state index in [-0.39, 0.29) is 11.3 Å². The molecule has 2 aromatic carbocycles. The highest BCUT2D eigenvalue weighted by atomic mass is 79.9. The zero-order valence-corrected chi connectivity index (χ0v) is 16.9. The number of carbonyl (C=O) groups is 1. The van der Waals surface area contributed by atoms with Gasteiger partial charge < -0.3 is 9.67 Å². The Bertz CT molecular complexity index is 1040. The minimum absolute atomic E-state index is 0.0796. The summed E-state index contributed by atoms with van der Waals surface area (Å²) in [5.74, 6) is -0.544. The molecule has 0 saturated heterocycles. The Kier molecular flexibility index (Phi) is 5.46. The molecule has 27 heavy (non-hydrogen) atoms. The predicted octanol–water partition coefficient (Wildman–Crippen LogP) is 4.63. The molecule has 0 fully saturated rings. The average Bonchev–Trinajstić information content (AvgIpc) is 2.85. The van der Waals surface area contributed by atoms with E-state index in [0.717, 1.165) is 27.1 Å². The topological polar surface area (TPSA) is 66.6 Å². The number of aromatic hydroxyl groups is 1. The Balaban J connectivity index is 1.88. The van der Waals surface area contributed by atoms with Gasteiger partial charge in [0.2, 0.25) is 0 Å². The van der Waals surface area contributed by atoms with Crippen LogP contribution in [0.1, 0.15) is 32.9 Å². The van der Waals surface area contributed by atoms with E-state index >= 15 is 0 Å². The van der Waals surface area contributed by atoms with Crippen molar-refractivity contribution in [1.82, 2.24) is 9.99 Å². The van der Waals surface area contributed by atoms with Gasteiger partial charge in [-0.1, -0.05) is 24.3 Å². The summed E-state index contributed by atoms with van der Waals surface area (Å²) in [6, 6.07) is 14.6. The van der Waals surface area contributed by atoms with Gasteiger partial charge in [0, 0.05) is 27.1 Å². The van der Waals surface area contributed by atoms with Crippen LogP contribution in [0.15, 0.2) is 58.1 Å². The van der Waals surface area contributed by atoms with Gasteiger partial charge in [-0.3, -0.25) is 4.79 Å². The normalized spacial score (nSPS) is 11.1. The molecule has 3 rings (SSSR count). The van der Waals surface area contributed by atoms with Crippen molar-refractivity contribution in [3.8, 4) is 11.4 Å². The van der Waals surface area contributed by atoms with Crippen LogP contribution in [0.25, 0.3) is 5.69 Å². The van der Waals surface area contributed by atoms with Gasteiger partial charge >= 0.3 is 0 Å². The molecule has 0 spiro atoms. The Morgan fingerprint density at radius 2 is 1.85 bits per heavy atom. The van der Waals surface area contributed by atoms with Crippen molar-refractivity contribution in [1.29, 1.82) is 0 Å². The number of benzene rings is 2. The second-order valence-corrected chi connectivity index (χ2v) is 7.08. The zero-order valence-electron chi connectivity index (χ0n) is 15.3. The van der Waals surface area contributed by atoms with Gasteiger partial charge in [-0.05, 0) is 66.5 Å². The summed E-state index contributed by atoms with van der Waals surface area (Å²) >= 11 is 3.63. The molecule has 1 amide bonds. The number of para-hydroxylation sites is 1. The number of amides is 1. The summed E-state index contributed by atoms with van der Waals surface area (Å²) in [5.41, 5.74) is 7.83. The van der Waals surface area contributed by atoms with Gasteiger partial charge in [-0.25, -0.2) is 5.43 Å². The second-order valence-electron chi connectivity index (χ2n) is 6.29. The Morgan fingerprint density at radius 1 is 1.11 bits per heavy atom. The van der Waals surface area contributed by atoms with Gasteiger partial charge in [0.1, 0.15) is 5.75 Å². The molecule has 6 heteroatoms. The third kappa shape index (κ3) is 3.80. The van der Waals surface area contributed by atoms with Crippen LogP contribution in [0.4, 0.5) is 0 Å². The molecule has 0 unspecified atom stereocenters. The third-order valence-electron chi connectivity index (χ3n) is 4.38. The zero-order chi connectivity index (χ0) is 19.6. The fraction of sp³-hybridized carbons (Fsp3) is 0.143. The number of phenolic OH excluding ortho intramolecular Hbond substituents is 1. The van der Waals surface area contributed by atoms with E-state index in [9.17, 15) is 9.90 Å². The maximum absolute atomic E-state index is 12.2. The molecule has 0 atom stereocenters. The van der Waals surface area contributed by atoms with E-state index in [1.165, 1.54) is 11.6 Å². The Labute approximate surface area is 166 Å². The maximum Gasteiger partial charge on any atom is 0.275 e. The minimum Gasteiger partial charge on any atom is -0.507 e. The number of aromatic nitrogens is 1. The maximum atomic E-state index is 12.2. The van der Waals surface area contributed by atoms with E-state index < -0.39 is 5.91 Å². The number of nitrogens with zero attached hydrogens (tertiary/aromatic N) is 2. The van der Waals surface area contributed by atoms with Crippen molar-refractivity contribution in [2.45, 2.75) is 20.8 Å². The number of hydrogen-bond acceptors (Lipinski definition) is 3. The van der Waals surface area contributed by atoms with E-state index in [4.69, 9.17) is 0 Å². The van der Waals surface area contributed by atoms with Crippen molar-refractivity contribution in [3.63, 3.8) is 0 Å². The Hall–Kier alpha value is -2.86. The molecule has 138 valence electrons. The number of phenols is 1. The van der Waals surface area contributed by atoms with Crippen LogP contribution in [0, 0.1) is 20.8 Å². The van der Waals surface area contributed by atoms with Crippen LogP contribution in [0.2, 0.25) is 0 Å². The molecule has 3 aromatic rings. The van der Waals surface area contributed by atoms with Gasteiger partial charge in [-0.15, -0.1) is 0 Å². The summed E-state index contributed by atoms with van der Waals surface area (Å²) in [6.07, 6.45) is 1.61. The number of nitrogens with one attached hydrogen (secondary N) is 1. The fourth-order valence-corrected chi connectivity index (χ4v) is 3.58. The second kappa shape index (κ2) is 7.80. The molecule has 0 aliphatic carbocycles. The third-order valence-corrected chi connectivity index (χ3v) is 5.38. The molecular formula is C21H20BrN3O2. The molecule has 0 bridgehead atoms. The summed E-state index contributed by atoms with van der Waals surface area (Å²) in [5, 5.41) is 13.8. The molecular weight excluding hydrogens is 406 g/mol. The molecule has 0 aliphatic rings. The summed E-state index contributed by atoms with van der Waals surface area (Å²) < 4.78 is 3.06. The molecule has 1 heterocycles. The molecule has 0 radical (unpaired) electrons. The average molecular weight is 426 g/mol. The Morgan fingerprint density at radius 3 is 2.56 bits per heavy atom. The SMILES string of the molecule is Cc1cccc(-n2c(C)c(Br)c(/C=N\NC(=O)c3ccccc3O)c2C)c1. The fourth-order valence-electron chi connectivity index (χ4n) is 3.01. The highest BCUT2D eigenvalue weighted by molar-refractivity contribution is 9.10. The van der Waals surface area contributed by atoms with Gasteiger partial charge in [0.25, 0.3) is 5.91 Å². The van der Waals surface area contributed by atoms with E-state index in [1.54, 1.807) is 24.4 Å². The van der Waals surface area contributed by atoms with Crippen molar-refractivity contribution < 1.29 is 9.90 Å². The monoisotopic (exact) mass is 425 g/mol. The van der Waals surface area contributed by atoms with Crippen LogP contribution in [-0.4, -0.2) is 21.8 Å². The van der Waals surface area contributed by atoms with Crippen LogP contribution >= 0.6 is 15.9 Å². The first-order chi connectivity index (χ1) is 12.9. The first-order valence-electron chi connectivity index (χ1n) is 8.46. The van der Waals surface area contributed by atoms with Crippen LogP contribution in [0.3, 0.4) is 0 Å². The van der Waals surface area contributed by atoms with Gasteiger partial charge in [-0.2, -0.15) is 5.10 Å². The van der Waals surface area contributed by atoms with Crippen LogP contribution in [0.5, 0.6) is 5.75 Å². The van der Waals surface area contributed by atoms with Crippen molar-refractivity contribution in [2.24, 2.45) is 5.10 Å². The summed E-state index contributed by atoms with van der Waals surface area (Å²) in [6.45, 7) is 6.09.